The molecule has 0 spiro atoms. The Kier molecular flexibility index (Phi) is 7.13. The molecule has 0 aliphatic rings. The van der Waals surface area contributed by atoms with Crippen LogP contribution in [0, 0.1) is 0 Å². The summed E-state index contributed by atoms with van der Waals surface area (Å²) in [4.78, 5) is 13.1. The van der Waals surface area contributed by atoms with E-state index in [1.807, 2.05) is 6.92 Å². The molecule has 0 fully saturated rings. The summed E-state index contributed by atoms with van der Waals surface area (Å²) in [6.07, 6.45) is -4.59. The normalized spacial score (nSPS) is 11.5. The largest absolute Gasteiger partial charge is 0.416 e. The van der Waals surface area contributed by atoms with Crippen LogP contribution in [0.4, 0.5) is 13.2 Å². The molecule has 2 nitrogen and oxygen atoms in total. The van der Waals surface area contributed by atoms with E-state index in [9.17, 15) is 18.0 Å². The predicted molar refractivity (Wildman–Crippen MR) is 100 cm³/mol. The zero-order chi connectivity index (χ0) is 19.5. The van der Waals surface area contributed by atoms with Crippen LogP contribution in [0.3, 0.4) is 0 Å². The zero-order valence-electron chi connectivity index (χ0n) is 13.4. The molecule has 0 heterocycles. The summed E-state index contributed by atoms with van der Waals surface area (Å²) < 4.78 is 38.6. The standard InChI is InChI=1S/C17H13Cl3F3NOS/c1-2-26-15-7-14(20)13(19)5-10(15)8-24-16(25)9-3-11(17(21,22)23)6-12(18)4-9/h3-7H,2,8H2,1H3,(H,24,25). The van der Waals surface area contributed by atoms with E-state index in [-0.39, 0.29) is 17.1 Å². The topological polar surface area (TPSA) is 29.1 Å². The van der Waals surface area contributed by atoms with Crippen molar-refractivity contribution < 1.29 is 18.0 Å². The fraction of sp³-hybridized carbons (Fsp3) is 0.235. The van der Waals surface area contributed by atoms with Gasteiger partial charge in [-0.1, -0.05) is 41.7 Å². The second-order valence-electron chi connectivity index (χ2n) is 5.22. The van der Waals surface area contributed by atoms with Gasteiger partial charge < -0.3 is 5.32 Å². The van der Waals surface area contributed by atoms with Gasteiger partial charge in [0.25, 0.3) is 5.91 Å². The Morgan fingerprint density at radius 3 is 2.35 bits per heavy atom. The molecule has 0 atom stereocenters. The Bertz CT molecular complexity index is 828. The van der Waals surface area contributed by atoms with E-state index >= 15 is 0 Å². The van der Waals surface area contributed by atoms with Gasteiger partial charge in [-0.25, -0.2) is 0 Å². The van der Waals surface area contributed by atoms with Crippen LogP contribution in [0.15, 0.2) is 35.2 Å². The molecule has 26 heavy (non-hydrogen) atoms. The highest BCUT2D eigenvalue weighted by Crippen LogP contribution is 2.33. The van der Waals surface area contributed by atoms with Crippen molar-refractivity contribution >= 4 is 52.5 Å². The minimum Gasteiger partial charge on any atom is -0.348 e. The van der Waals surface area contributed by atoms with E-state index in [0.717, 1.165) is 28.3 Å². The molecule has 2 aromatic rings. The number of amides is 1. The molecular formula is C17H13Cl3F3NOS. The van der Waals surface area contributed by atoms with Gasteiger partial charge in [-0.05, 0) is 41.6 Å². The van der Waals surface area contributed by atoms with Gasteiger partial charge in [-0.15, -0.1) is 11.8 Å². The average Bonchev–Trinajstić information content (AvgIpc) is 2.55. The maximum Gasteiger partial charge on any atom is 0.416 e. The SMILES string of the molecule is CCSc1cc(Cl)c(Cl)cc1CNC(=O)c1cc(Cl)cc(C(F)(F)F)c1. The summed E-state index contributed by atoms with van der Waals surface area (Å²) in [5.41, 5.74) is -0.431. The molecular weight excluding hydrogens is 430 g/mol. The number of nitrogens with one attached hydrogen (secondary N) is 1. The molecule has 0 bridgehead atoms. The number of carbonyl (C=O) groups is 1. The van der Waals surface area contributed by atoms with E-state index in [1.165, 1.54) is 17.8 Å². The lowest BCUT2D eigenvalue weighted by Crippen LogP contribution is -2.23. The molecule has 0 radical (unpaired) electrons. The van der Waals surface area contributed by atoms with Gasteiger partial charge in [0.2, 0.25) is 0 Å². The Balaban J connectivity index is 2.22. The number of thioether (sulfide) groups is 1. The van der Waals surface area contributed by atoms with Crippen molar-refractivity contribution in [2.75, 3.05) is 5.75 Å². The lowest BCUT2D eigenvalue weighted by Gasteiger charge is -2.13. The summed E-state index contributed by atoms with van der Waals surface area (Å²) in [6.45, 7) is 2.05. The van der Waals surface area contributed by atoms with Crippen molar-refractivity contribution in [1.29, 1.82) is 0 Å². The van der Waals surface area contributed by atoms with Crippen LogP contribution in [0.5, 0.6) is 0 Å². The maximum atomic E-state index is 12.9. The Hall–Kier alpha value is -1.08. The summed E-state index contributed by atoms with van der Waals surface area (Å²) in [5, 5.41) is 3.14. The molecule has 2 rings (SSSR count). The van der Waals surface area contributed by atoms with Crippen LogP contribution >= 0.6 is 46.6 Å². The first kappa shape index (κ1) is 21.2. The molecule has 0 aliphatic heterocycles. The van der Waals surface area contributed by atoms with E-state index in [0.29, 0.717) is 10.0 Å². The van der Waals surface area contributed by atoms with Gasteiger partial charge in [0.05, 0.1) is 15.6 Å². The second kappa shape index (κ2) is 8.74. The van der Waals surface area contributed by atoms with Crippen molar-refractivity contribution in [2.24, 2.45) is 0 Å². The molecule has 1 amide bonds. The van der Waals surface area contributed by atoms with Crippen LogP contribution in [0.1, 0.15) is 28.4 Å². The van der Waals surface area contributed by atoms with Crippen molar-refractivity contribution in [2.45, 2.75) is 24.5 Å². The highest BCUT2D eigenvalue weighted by atomic mass is 35.5. The third kappa shape index (κ3) is 5.46. The number of alkyl halides is 3. The van der Waals surface area contributed by atoms with E-state index in [2.05, 4.69) is 5.32 Å². The van der Waals surface area contributed by atoms with E-state index in [1.54, 1.807) is 12.1 Å². The summed E-state index contributed by atoms with van der Waals surface area (Å²) in [6, 6.07) is 6.04. The lowest BCUT2D eigenvalue weighted by molar-refractivity contribution is -0.137. The lowest BCUT2D eigenvalue weighted by atomic mass is 10.1. The second-order valence-corrected chi connectivity index (χ2v) is 7.77. The molecule has 9 heteroatoms. The van der Waals surface area contributed by atoms with Crippen LogP contribution in [0.25, 0.3) is 0 Å². The van der Waals surface area contributed by atoms with Gasteiger partial charge in [-0.3, -0.25) is 4.79 Å². The minimum absolute atomic E-state index is 0.0892. The molecule has 1 N–H and O–H groups in total. The molecule has 0 saturated carbocycles. The van der Waals surface area contributed by atoms with Crippen molar-refractivity contribution in [3.63, 3.8) is 0 Å². The third-order valence-electron chi connectivity index (χ3n) is 3.33. The van der Waals surface area contributed by atoms with Crippen molar-refractivity contribution in [1.82, 2.24) is 5.32 Å². The first-order valence-corrected chi connectivity index (χ1v) is 9.50. The first-order chi connectivity index (χ1) is 12.1. The van der Waals surface area contributed by atoms with Crippen LogP contribution < -0.4 is 5.32 Å². The Morgan fingerprint density at radius 1 is 1.08 bits per heavy atom. The highest BCUT2D eigenvalue weighted by Gasteiger charge is 2.31. The molecule has 0 aromatic heterocycles. The molecule has 0 aliphatic carbocycles. The van der Waals surface area contributed by atoms with Gasteiger partial charge >= 0.3 is 6.18 Å². The smallest absolute Gasteiger partial charge is 0.348 e. The monoisotopic (exact) mass is 441 g/mol. The first-order valence-electron chi connectivity index (χ1n) is 7.38. The zero-order valence-corrected chi connectivity index (χ0v) is 16.5. The van der Waals surface area contributed by atoms with E-state index < -0.39 is 17.6 Å². The van der Waals surface area contributed by atoms with Crippen LogP contribution in [-0.4, -0.2) is 11.7 Å². The van der Waals surface area contributed by atoms with Gasteiger partial charge in [0.1, 0.15) is 0 Å². The van der Waals surface area contributed by atoms with Gasteiger partial charge in [0.15, 0.2) is 0 Å². The summed E-state index contributed by atoms with van der Waals surface area (Å²) in [7, 11) is 0. The van der Waals surface area contributed by atoms with Crippen LogP contribution in [-0.2, 0) is 12.7 Å². The van der Waals surface area contributed by atoms with E-state index in [4.69, 9.17) is 34.8 Å². The number of hydrogen-bond donors (Lipinski definition) is 1. The maximum absolute atomic E-state index is 12.9. The quantitative estimate of drug-likeness (QED) is 0.522. The summed E-state index contributed by atoms with van der Waals surface area (Å²) in [5.74, 6) is 0.110. The minimum atomic E-state index is -4.59. The van der Waals surface area contributed by atoms with Gasteiger partial charge in [0, 0.05) is 22.0 Å². The predicted octanol–water partition coefficient (Wildman–Crippen LogP) is 6.71. The number of halogens is 6. The number of carbonyl (C=O) groups excluding carboxylic acids is 1. The van der Waals surface area contributed by atoms with Gasteiger partial charge in [-0.2, -0.15) is 13.2 Å². The van der Waals surface area contributed by atoms with Crippen LogP contribution in [0.2, 0.25) is 15.1 Å². The number of hydrogen-bond acceptors (Lipinski definition) is 2. The van der Waals surface area contributed by atoms with Crippen molar-refractivity contribution in [3.8, 4) is 0 Å². The fourth-order valence-electron chi connectivity index (χ4n) is 2.16. The third-order valence-corrected chi connectivity index (χ3v) is 5.25. The molecule has 2 aromatic carbocycles. The number of rotatable bonds is 5. The average molecular weight is 443 g/mol. The van der Waals surface area contributed by atoms with Crippen molar-refractivity contribution in [3.05, 3.63) is 62.1 Å². The number of benzene rings is 2. The summed E-state index contributed by atoms with van der Waals surface area (Å²) >= 11 is 19.2. The molecule has 140 valence electrons. The fourth-order valence-corrected chi connectivity index (χ4v) is 3.64. The molecule has 0 saturated heterocycles. The highest BCUT2D eigenvalue weighted by molar-refractivity contribution is 7.99. The Labute approximate surface area is 168 Å². The molecule has 0 unspecified atom stereocenters. The Morgan fingerprint density at radius 2 is 1.73 bits per heavy atom.